The van der Waals surface area contributed by atoms with Crippen molar-refractivity contribution in [2.75, 3.05) is 36.4 Å². The van der Waals surface area contributed by atoms with Gasteiger partial charge in [-0.1, -0.05) is 18.2 Å². The van der Waals surface area contributed by atoms with E-state index >= 15 is 0 Å². The Morgan fingerprint density at radius 2 is 1.82 bits per heavy atom. The van der Waals surface area contributed by atoms with Gasteiger partial charge in [-0.15, -0.1) is 10.2 Å². The van der Waals surface area contributed by atoms with Gasteiger partial charge in [-0.3, -0.25) is 9.78 Å². The van der Waals surface area contributed by atoms with Crippen LogP contribution in [0, 0.1) is 6.92 Å². The molecule has 1 saturated heterocycles. The van der Waals surface area contributed by atoms with Crippen LogP contribution in [0.1, 0.15) is 42.1 Å². The summed E-state index contributed by atoms with van der Waals surface area (Å²) in [6.45, 7) is 6.88. The number of nitrogens with one attached hydrogen (secondary N) is 1. The number of aromatic nitrogens is 3. The number of hydrogen-bond donors (Lipinski definition) is 1. The Morgan fingerprint density at radius 3 is 2.37 bits per heavy atom. The molecule has 2 aromatic heterocycles. The largest absolute Gasteiger partial charge is 0.472 e. The zero-order valence-corrected chi connectivity index (χ0v) is 21.3. The van der Waals surface area contributed by atoms with E-state index in [9.17, 15) is 18.0 Å². The number of benzene rings is 1. The van der Waals surface area contributed by atoms with Gasteiger partial charge in [-0.2, -0.15) is 13.2 Å². The first-order chi connectivity index (χ1) is 18.1. The van der Waals surface area contributed by atoms with Crippen molar-refractivity contribution in [1.82, 2.24) is 20.1 Å². The molecule has 1 amide bonds. The molecule has 2 fully saturated rings. The summed E-state index contributed by atoms with van der Waals surface area (Å²) < 4.78 is 43.5. The third-order valence-electron chi connectivity index (χ3n) is 7.07. The van der Waals surface area contributed by atoms with Crippen molar-refractivity contribution in [2.45, 2.75) is 45.0 Å². The zero-order chi connectivity index (χ0) is 26.9. The number of hydrogen-bond acceptors (Lipinski definition) is 7. The number of amides is 1. The van der Waals surface area contributed by atoms with Crippen LogP contribution in [0.25, 0.3) is 0 Å². The molecule has 1 aliphatic carbocycles. The highest BCUT2D eigenvalue weighted by Gasteiger charge is 2.45. The molecule has 8 nitrogen and oxygen atoms in total. The third kappa shape index (κ3) is 5.66. The molecule has 0 unspecified atom stereocenters. The van der Waals surface area contributed by atoms with Crippen molar-refractivity contribution in [3.05, 3.63) is 71.0 Å². The monoisotopic (exact) mass is 526 g/mol. The molecule has 0 spiro atoms. The fourth-order valence-corrected chi connectivity index (χ4v) is 4.72. The van der Waals surface area contributed by atoms with Crippen molar-refractivity contribution in [3.8, 4) is 5.88 Å². The van der Waals surface area contributed by atoms with E-state index in [1.165, 1.54) is 22.9 Å². The van der Waals surface area contributed by atoms with Gasteiger partial charge >= 0.3 is 6.18 Å². The number of alkyl halides is 3. The maximum atomic E-state index is 12.7. The summed E-state index contributed by atoms with van der Waals surface area (Å²) in [7, 11) is 0. The second-order valence-corrected chi connectivity index (χ2v) is 9.80. The highest BCUT2D eigenvalue weighted by atomic mass is 19.4. The Kier molecular flexibility index (Phi) is 6.85. The average molecular weight is 527 g/mol. The normalized spacial score (nSPS) is 16.8. The number of carbonyl (C=O) groups is 1. The highest BCUT2D eigenvalue weighted by molar-refractivity contribution is 5.73. The molecule has 1 aromatic carbocycles. The van der Waals surface area contributed by atoms with Gasteiger partial charge in [0.2, 0.25) is 11.8 Å². The van der Waals surface area contributed by atoms with Gasteiger partial charge in [0.1, 0.15) is 18.1 Å². The molecule has 0 atom stereocenters. The number of carbonyl (C=O) groups excluding carboxylic acids is 1. The molecule has 1 N–H and O–H groups in total. The van der Waals surface area contributed by atoms with Crippen LogP contribution >= 0.6 is 0 Å². The standard InChI is InChI=1S/C27H29F3N6O2/c1-18-15-21(4-5-22(18)36-13-11-35(12-14-36)19(2)37)26(9-10-26)32-24-7-8-25(34-33-24)38-17-20-3-6-23(31-16-20)27(28,29)30/h3-8,15-16H,9-14,17H2,1-2H3,(H,32,33). The molecule has 5 rings (SSSR count). The van der Waals surface area contributed by atoms with E-state index in [1.54, 1.807) is 19.1 Å². The lowest BCUT2D eigenvalue weighted by atomic mass is 10.0. The molecular weight excluding hydrogens is 497 g/mol. The second kappa shape index (κ2) is 10.1. The van der Waals surface area contributed by atoms with Crippen LogP contribution in [0.5, 0.6) is 5.88 Å². The molecule has 11 heteroatoms. The van der Waals surface area contributed by atoms with Crippen LogP contribution in [0.2, 0.25) is 0 Å². The summed E-state index contributed by atoms with van der Waals surface area (Å²) >= 11 is 0. The lowest BCUT2D eigenvalue weighted by Gasteiger charge is -2.36. The molecule has 1 saturated carbocycles. The first-order valence-electron chi connectivity index (χ1n) is 12.5. The summed E-state index contributed by atoms with van der Waals surface area (Å²) in [6.07, 6.45) is -1.38. The topological polar surface area (TPSA) is 83.5 Å². The fraction of sp³-hybridized carbons (Fsp3) is 0.407. The van der Waals surface area contributed by atoms with Crippen LogP contribution in [0.15, 0.2) is 48.7 Å². The number of rotatable bonds is 7. The lowest BCUT2D eigenvalue weighted by Crippen LogP contribution is -2.48. The summed E-state index contributed by atoms with van der Waals surface area (Å²) in [6, 6.07) is 12.2. The van der Waals surface area contributed by atoms with E-state index < -0.39 is 11.9 Å². The molecule has 38 heavy (non-hydrogen) atoms. The lowest BCUT2D eigenvalue weighted by molar-refractivity contribution is -0.141. The van der Waals surface area contributed by atoms with Gasteiger partial charge in [0.05, 0.1) is 5.54 Å². The van der Waals surface area contributed by atoms with E-state index in [0.717, 1.165) is 51.3 Å². The van der Waals surface area contributed by atoms with Crippen molar-refractivity contribution in [2.24, 2.45) is 0 Å². The van der Waals surface area contributed by atoms with Gasteiger partial charge in [0.15, 0.2) is 0 Å². The van der Waals surface area contributed by atoms with Crippen molar-refractivity contribution in [1.29, 1.82) is 0 Å². The SMILES string of the molecule is CC(=O)N1CCN(c2ccc(C3(Nc4ccc(OCc5ccc(C(F)(F)F)nc5)nn4)CC3)cc2C)CC1. The summed E-state index contributed by atoms with van der Waals surface area (Å²) in [4.78, 5) is 19.3. The Hall–Kier alpha value is -3.89. The van der Waals surface area contributed by atoms with Crippen LogP contribution in [-0.2, 0) is 23.1 Å². The van der Waals surface area contributed by atoms with Crippen LogP contribution in [0.4, 0.5) is 24.7 Å². The van der Waals surface area contributed by atoms with E-state index in [4.69, 9.17) is 4.74 Å². The van der Waals surface area contributed by atoms with Gasteiger partial charge in [-0.05, 0) is 49.1 Å². The summed E-state index contributed by atoms with van der Waals surface area (Å²) in [5, 5.41) is 11.8. The van der Waals surface area contributed by atoms with Gasteiger partial charge in [0, 0.05) is 56.6 Å². The first-order valence-corrected chi connectivity index (χ1v) is 12.5. The zero-order valence-electron chi connectivity index (χ0n) is 21.3. The molecule has 0 radical (unpaired) electrons. The molecule has 0 bridgehead atoms. The molecule has 1 aliphatic heterocycles. The van der Waals surface area contributed by atoms with E-state index in [1.807, 2.05) is 4.90 Å². The highest BCUT2D eigenvalue weighted by Crippen LogP contribution is 2.48. The molecule has 3 aromatic rings. The second-order valence-electron chi connectivity index (χ2n) is 9.80. The number of nitrogens with zero attached hydrogens (tertiary/aromatic N) is 5. The number of pyridine rings is 1. The number of halogens is 3. The summed E-state index contributed by atoms with van der Waals surface area (Å²) in [5.41, 5.74) is 2.94. The Morgan fingerprint density at radius 1 is 1.05 bits per heavy atom. The van der Waals surface area contributed by atoms with Gasteiger partial charge < -0.3 is 19.9 Å². The maximum Gasteiger partial charge on any atom is 0.433 e. The fourth-order valence-electron chi connectivity index (χ4n) is 4.72. The van der Waals surface area contributed by atoms with E-state index in [2.05, 4.69) is 50.5 Å². The first kappa shape index (κ1) is 25.7. The van der Waals surface area contributed by atoms with Crippen molar-refractivity contribution in [3.63, 3.8) is 0 Å². The summed E-state index contributed by atoms with van der Waals surface area (Å²) in [5.74, 6) is 1.01. The quantitative estimate of drug-likeness (QED) is 0.484. The van der Waals surface area contributed by atoms with E-state index in [0.29, 0.717) is 11.4 Å². The van der Waals surface area contributed by atoms with Crippen molar-refractivity contribution < 1.29 is 22.7 Å². The third-order valence-corrected chi connectivity index (χ3v) is 7.07. The Labute approximate surface area is 218 Å². The predicted molar refractivity (Wildman–Crippen MR) is 136 cm³/mol. The van der Waals surface area contributed by atoms with Crippen LogP contribution < -0.4 is 15.0 Å². The van der Waals surface area contributed by atoms with Gasteiger partial charge in [0.25, 0.3) is 0 Å². The van der Waals surface area contributed by atoms with Crippen molar-refractivity contribution >= 4 is 17.4 Å². The Bertz CT molecular complexity index is 1290. The smallest absolute Gasteiger partial charge is 0.433 e. The number of piperazine rings is 1. The predicted octanol–water partition coefficient (Wildman–Crippen LogP) is 4.55. The van der Waals surface area contributed by atoms with Crippen LogP contribution in [0.3, 0.4) is 0 Å². The molecule has 2 aliphatic rings. The minimum atomic E-state index is -4.47. The Balaban J connectivity index is 1.18. The average Bonchev–Trinajstić information content (AvgIpc) is 3.68. The number of anilines is 2. The maximum absolute atomic E-state index is 12.7. The van der Waals surface area contributed by atoms with E-state index in [-0.39, 0.29) is 23.9 Å². The minimum absolute atomic E-state index is 0.0337. The number of aryl methyl sites for hydroxylation is 1. The van der Waals surface area contributed by atoms with Crippen LogP contribution in [-0.4, -0.2) is 52.2 Å². The minimum Gasteiger partial charge on any atom is -0.472 e. The molecular formula is C27H29F3N6O2. The number of ether oxygens (including phenoxy) is 1. The van der Waals surface area contributed by atoms with Gasteiger partial charge in [-0.25, -0.2) is 0 Å². The molecule has 200 valence electrons. The molecule has 3 heterocycles.